The van der Waals surface area contributed by atoms with Crippen LogP contribution in [0.5, 0.6) is 0 Å². The molecule has 160 valence electrons. The predicted molar refractivity (Wildman–Crippen MR) is 118 cm³/mol. The quantitative estimate of drug-likeness (QED) is 0.563. The fourth-order valence-electron chi connectivity index (χ4n) is 4.08. The number of nitrogens with two attached hydrogens (primary N) is 1. The number of fused-ring (bicyclic) bond motifs is 1. The normalized spacial score (nSPS) is 19.7. The lowest BCUT2D eigenvalue weighted by molar-refractivity contribution is 0.109. The third kappa shape index (κ3) is 3.92. The average Bonchev–Trinajstić information content (AvgIpc) is 2.74. The van der Waals surface area contributed by atoms with Crippen molar-refractivity contribution < 1.29 is 5.11 Å². The van der Waals surface area contributed by atoms with Crippen LogP contribution in [-0.4, -0.2) is 30.7 Å². The lowest BCUT2D eigenvalue weighted by atomic mass is 9.92. The summed E-state index contributed by atoms with van der Waals surface area (Å²) in [5.41, 5.74) is 6.21. The molecule has 3 aromatic rings. The zero-order valence-electron chi connectivity index (χ0n) is 16.9. The number of nitrogens with zero attached hydrogens (tertiary/aromatic N) is 5. The van der Waals surface area contributed by atoms with Crippen molar-refractivity contribution in [1.82, 2.24) is 19.5 Å². The largest absolute Gasteiger partial charge is 0.393 e. The molecule has 0 bridgehead atoms. The molecule has 9 nitrogen and oxygen atoms in total. The first-order valence-electron chi connectivity index (χ1n) is 10.1. The molecule has 0 amide bonds. The number of nitrogens with one attached hydrogen (secondary N) is 1. The van der Waals surface area contributed by atoms with E-state index in [2.05, 4.69) is 15.3 Å². The molecule has 0 unspecified atom stereocenters. The predicted octanol–water partition coefficient (Wildman–Crippen LogP) is 2.94. The molecule has 1 aliphatic carbocycles. The molecule has 1 aliphatic rings. The van der Waals surface area contributed by atoms with E-state index in [9.17, 15) is 15.2 Å². The molecule has 0 saturated heterocycles. The zero-order chi connectivity index (χ0) is 22.1. The van der Waals surface area contributed by atoms with Crippen molar-refractivity contribution in [2.45, 2.75) is 50.8 Å². The summed E-state index contributed by atoms with van der Waals surface area (Å²) >= 11 is 6.34. The van der Waals surface area contributed by atoms with Gasteiger partial charge in [0.25, 0.3) is 5.56 Å². The van der Waals surface area contributed by atoms with Gasteiger partial charge in [0.15, 0.2) is 0 Å². The van der Waals surface area contributed by atoms with Gasteiger partial charge in [0, 0.05) is 6.04 Å². The Morgan fingerprint density at radius 1 is 1.32 bits per heavy atom. The van der Waals surface area contributed by atoms with Crippen LogP contribution in [0.15, 0.2) is 29.3 Å². The van der Waals surface area contributed by atoms with Gasteiger partial charge in [-0.25, -0.2) is 15.0 Å². The minimum absolute atomic E-state index is 0.0733. The molecule has 1 saturated carbocycles. The second-order valence-electron chi connectivity index (χ2n) is 7.70. The van der Waals surface area contributed by atoms with E-state index in [1.165, 1.54) is 6.33 Å². The van der Waals surface area contributed by atoms with Crippen LogP contribution in [0.2, 0.25) is 5.02 Å². The number of aromatic nitrogens is 4. The Balaban J connectivity index is 1.84. The van der Waals surface area contributed by atoms with Gasteiger partial charge in [0.1, 0.15) is 35.4 Å². The van der Waals surface area contributed by atoms with E-state index >= 15 is 0 Å². The van der Waals surface area contributed by atoms with E-state index in [0.29, 0.717) is 47.4 Å². The molecule has 0 aliphatic heterocycles. The number of benzene rings is 1. The highest BCUT2D eigenvalue weighted by Crippen LogP contribution is 2.32. The van der Waals surface area contributed by atoms with Gasteiger partial charge in [-0.1, -0.05) is 17.7 Å². The molecule has 1 atom stereocenters. The van der Waals surface area contributed by atoms with E-state index in [4.69, 9.17) is 22.3 Å². The van der Waals surface area contributed by atoms with Gasteiger partial charge in [-0.15, -0.1) is 0 Å². The maximum Gasteiger partial charge on any atom is 0.263 e. The van der Waals surface area contributed by atoms with Crippen molar-refractivity contribution in [3.63, 3.8) is 0 Å². The van der Waals surface area contributed by atoms with E-state index < -0.39 is 6.04 Å². The molecular formula is C21H22ClN7O2. The van der Waals surface area contributed by atoms with Crippen LogP contribution in [0.25, 0.3) is 10.9 Å². The van der Waals surface area contributed by atoms with Gasteiger partial charge in [0.2, 0.25) is 0 Å². The Labute approximate surface area is 183 Å². The Kier molecular flexibility index (Phi) is 5.76. The van der Waals surface area contributed by atoms with Gasteiger partial charge < -0.3 is 16.2 Å². The smallest absolute Gasteiger partial charge is 0.263 e. The number of aliphatic hydroxyl groups excluding tert-OH is 1. The molecule has 2 heterocycles. The van der Waals surface area contributed by atoms with E-state index in [1.54, 1.807) is 22.8 Å². The number of hydrogen-bond acceptors (Lipinski definition) is 8. The molecule has 0 radical (unpaired) electrons. The zero-order valence-corrected chi connectivity index (χ0v) is 17.7. The third-order valence-electron chi connectivity index (χ3n) is 5.67. The van der Waals surface area contributed by atoms with Crippen LogP contribution >= 0.6 is 11.6 Å². The molecule has 1 aromatic carbocycles. The molecule has 1 fully saturated rings. The van der Waals surface area contributed by atoms with E-state index in [0.717, 1.165) is 0 Å². The summed E-state index contributed by atoms with van der Waals surface area (Å²) in [6.45, 7) is 1.84. The fourth-order valence-corrected chi connectivity index (χ4v) is 4.33. The Morgan fingerprint density at radius 2 is 2.06 bits per heavy atom. The average molecular weight is 440 g/mol. The van der Waals surface area contributed by atoms with Crippen LogP contribution in [0.4, 0.5) is 11.6 Å². The number of anilines is 2. The van der Waals surface area contributed by atoms with Gasteiger partial charge in [0.05, 0.1) is 28.1 Å². The van der Waals surface area contributed by atoms with Gasteiger partial charge in [-0.05, 0) is 44.7 Å². The third-order valence-corrected chi connectivity index (χ3v) is 5.98. The summed E-state index contributed by atoms with van der Waals surface area (Å²) in [6.07, 6.45) is 3.45. The maximum absolute atomic E-state index is 13.5. The summed E-state index contributed by atoms with van der Waals surface area (Å²) in [5.74, 6) is 0.847. The van der Waals surface area contributed by atoms with Gasteiger partial charge >= 0.3 is 0 Å². The standard InChI is InChI=1S/C21H22ClN7O2/c1-11(27-19-14(9-23)18(24)25-10-26-19)20-28-16-4-2-3-15(22)17(16)21(31)29(20)12-5-7-13(30)8-6-12/h2-4,10-13,30H,5-8H2,1H3,(H3,24,25,26,27)/t11-,12-,13-/m0/s1. The maximum atomic E-state index is 13.5. The first-order valence-corrected chi connectivity index (χ1v) is 10.4. The first kappa shape index (κ1) is 21.0. The van der Waals surface area contributed by atoms with E-state index in [-0.39, 0.29) is 34.9 Å². The molecule has 2 aromatic heterocycles. The summed E-state index contributed by atoms with van der Waals surface area (Å²) in [4.78, 5) is 26.3. The SMILES string of the molecule is C[C@H](Nc1ncnc(N)c1C#N)c1nc2cccc(Cl)c2c(=O)n1[C@H]1CC[C@H](O)CC1. The molecule has 4 N–H and O–H groups in total. The molecule has 10 heteroatoms. The monoisotopic (exact) mass is 439 g/mol. The lowest BCUT2D eigenvalue weighted by Gasteiger charge is -2.30. The molecule has 4 rings (SSSR count). The van der Waals surface area contributed by atoms with Crippen molar-refractivity contribution >= 4 is 34.1 Å². The number of aliphatic hydroxyl groups is 1. The van der Waals surface area contributed by atoms with Crippen molar-refractivity contribution in [2.24, 2.45) is 0 Å². The van der Waals surface area contributed by atoms with Crippen LogP contribution in [0, 0.1) is 11.3 Å². The second-order valence-corrected chi connectivity index (χ2v) is 8.11. The highest BCUT2D eigenvalue weighted by atomic mass is 35.5. The minimum atomic E-state index is -0.468. The molecular weight excluding hydrogens is 418 g/mol. The Morgan fingerprint density at radius 3 is 2.77 bits per heavy atom. The summed E-state index contributed by atoms with van der Waals surface area (Å²) in [7, 11) is 0. The van der Waals surface area contributed by atoms with Crippen LogP contribution in [0.3, 0.4) is 0 Å². The molecule has 31 heavy (non-hydrogen) atoms. The number of hydrogen-bond donors (Lipinski definition) is 3. The first-order chi connectivity index (χ1) is 14.9. The number of rotatable bonds is 4. The summed E-state index contributed by atoms with van der Waals surface area (Å²) in [5, 5.41) is 23.2. The van der Waals surface area contributed by atoms with Crippen LogP contribution < -0.4 is 16.6 Å². The number of nitrogen functional groups attached to an aromatic ring is 1. The topological polar surface area (TPSA) is 143 Å². The number of nitriles is 1. The van der Waals surface area contributed by atoms with Crippen molar-refractivity contribution in [2.75, 3.05) is 11.1 Å². The highest BCUT2D eigenvalue weighted by Gasteiger charge is 2.28. The van der Waals surface area contributed by atoms with E-state index in [1.807, 2.05) is 13.0 Å². The van der Waals surface area contributed by atoms with Gasteiger partial charge in [-0.3, -0.25) is 9.36 Å². The van der Waals surface area contributed by atoms with Crippen molar-refractivity contribution in [1.29, 1.82) is 5.26 Å². The van der Waals surface area contributed by atoms with Crippen LogP contribution in [-0.2, 0) is 0 Å². The fraction of sp³-hybridized carbons (Fsp3) is 0.381. The Bertz CT molecular complexity index is 1230. The second kappa shape index (κ2) is 8.49. The van der Waals surface area contributed by atoms with Crippen LogP contribution in [0.1, 0.15) is 56.1 Å². The minimum Gasteiger partial charge on any atom is -0.393 e. The summed E-state index contributed by atoms with van der Waals surface area (Å²) < 4.78 is 1.67. The number of halogens is 1. The van der Waals surface area contributed by atoms with Crippen molar-refractivity contribution in [3.8, 4) is 6.07 Å². The Hall–Kier alpha value is -3.22. The highest BCUT2D eigenvalue weighted by molar-refractivity contribution is 6.35. The van der Waals surface area contributed by atoms with Crippen molar-refractivity contribution in [3.05, 3.63) is 51.3 Å². The molecule has 0 spiro atoms. The lowest BCUT2D eigenvalue weighted by Crippen LogP contribution is -2.34. The summed E-state index contributed by atoms with van der Waals surface area (Å²) in [6, 6.07) is 6.59. The van der Waals surface area contributed by atoms with Gasteiger partial charge in [-0.2, -0.15) is 5.26 Å².